The number of nitro benzene ring substituents is 2. The summed E-state index contributed by atoms with van der Waals surface area (Å²) >= 11 is 0. The summed E-state index contributed by atoms with van der Waals surface area (Å²) in [6.45, 7) is 5.31. The number of halogens is 1. The molecule has 0 saturated carbocycles. The molecule has 0 unspecified atom stereocenters. The predicted octanol–water partition coefficient (Wildman–Crippen LogP) is 1.72. The number of rotatable bonds is 7. The van der Waals surface area contributed by atoms with Crippen molar-refractivity contribution in [2.45, 2.75) is 6.42 Å². The lowest BCUT2D eigenvalue weighted by molar-refractivity contribution is -0.395. The molecule has 1 aliphatic heterocycles. The molecule has 1 aliphatic rings. The Morgan fingerprint density at radius 2 is 1.72 bits per heavy atom. The fraction of sp³-hybridized carbons (Fsp3) is 0.600. The molecule has 9 nitrogen and oxygen atoms in total. The summed E-state index contributed by atoms with van der Waals surface area (Å²) in [5.41, 5.74) is -1.30. The maximum absolute atomic E-state index is 13.9. The highest BCUT2D eigenvalue weighted by atomic mass is 19.1. The molecule has 1 saturated heterocycles. The van der Waals surface area contributed by atoms with Crippen molar-refractivity contribution < 1.29 is 14.2 Å². The SMILES string of the molecule is CN1CCN(CCCN(C)c2cc(F)c([N+](=O)[O-])cc2[N+](=O)[O-])CC1. The summed E-state index contributed by atoms with van der Waals surface area (Å²) in [6, 6.07) is 1.55. The van der Waals surface area contributed by atoms with E-state index in [-0.39, 0.29) is 5.69 Å². The highest BCUT2D eigenvalue weighted by Crippen LogP contribution is 2.33. The summed E-state index contributed by atoms with van der Waals surface area (Å²) in [6.07, 6.45) is 0.760. The highest BCUT2D eigenvalue weighted by molar-refractivity contribution is 5.67. The molecule has 1 heterocycles. The van der Waals surface area contributed by atoms with Gasteiger partial charge in [0.25, 0.3) is 5.69 Å². The van der Waals surface area contributed by atoms with Gasteiger partial charge in [0, 0.05) is 45.8 Å². The van der Waals surface area contributed by atoms with Gasteiger partial charge in [0.2, 0.25) is 5.82 Å². The first-order valence-electron chi connectivity index (χ1n) is 8.04. The summed E-state index contributed by atoms with van der Waals surface area (Å²) in [5.74, 6) is -1.07. The molecule has 138 valence electrons. The van der Waals surface area contributed by atoms with Crippen molar-refractivity contribution in [3.05, 3.63) is 38.2 Å². The van der Waals surface area contributed by atoms with Crippen LogP contribution in [0.15, 0.2) is 12.1 Å². The topological polar surface area (TPSA) is 96.0 Å². The average molecular weight is 355 g/mol. The first kappa shape index (κ1) is 19.0. The van der Waals surface area contributed by atoms with Crippen LogP contribution in [0.1, 0.15) is 6.42 Å². The molecule has 0 atom stereocenters. The van der Waals surface area contributed by atoms with Gasteiger partial charge in [-0.1, -0.05) is 0 Å². The molecule has 0 radical (unpaired) electrons. The molecular weight excluding hydrogens is 333 g/mol. The van der Waals surface area contributed by atoms with E-state index in [1.165, 1.54) is 0 Å². The van der Waals surface area contributed by atoms with Crippen LogP contribution in [0.5, 0.6) is 0 Å². The minimum absolute atomic E-state index is 0.0477. The minimum Gasteiger partial charge on any atom is -0.369 e. The van der Waals surface area contributed by atoms with E-state index < -0.39 is 27.0 Å². The van der Waals surface area contributed by atoms with Gasteiger partial charge < -0.3 is 14.7 Å². The molecule has 1 aromatic rings. The number of benzene rings is 1. The Morgan fingerprint density at radius 1 is 1.12 bits per heavy atom. The predicted molar refractivity (Wildman–Crippen MR) is 91.5 cm³/mol. The number of nitro groups is 2. The van der Waals surface area contributed by atoms with Crippen LogP contribution >= 0.6 is 0 Å². The molecule has 0 aromatic heterocycles. The van der Waals surface area contributed by atoms with Gasteiger partial charge in [-0.25, -0.2) is 0 Å². The van der Waals surface area contributed by atoms with Gasteiger partial charge in [-0.15, -0.1) is 0 Å². The molecular formula is C15H22FN5O4. The van der Waals surface area contributed by atoms with E-state index in [2.05, 4.69) is 16.8 Å². The quantitative estimate of drug-likeness (QED) is 0.543. The largest absolute Gasteiger partial charge is 0.369 e. The Kier molecular flexibility index (Phi) is 6.21. The summed E-state index contributed by atoms with van der Waals surface area (Å²) in [5, 5.41) is 22.0. The Balaban J connectivity index is 2.02. The van der Waals surface area contributed by atoms with Crippen molar-refractivity contribution in [2.24, 2.45) is 0 Å². The molecule has 25 heavy (non-hydrogen) atoms. The van der Waals surface area contributed by atoms with Crippen LogP contribution in [0.25, 0.3) is 0 Å². The maximum Gasteiger partial charge on any atom is 0.311 e. The van der Waals surface area contributed by atoms with E-state index in [0.717, 1.165) is 45.2 Å². The van der Waals surface area contributed by atoms with Gasteiger partial charge in [-0.3, -0.25) is 20.2 Å². The first-order chi connectivity index (χ1) is 11.8. The average Bonchev–Trinajstić information content (AvgIpc) is 2.55. The molecule has 2 rings (SSSR count). The van der Waals surface area contributed by atoms with E-state index in [4.69, 9.17) is 0 Å². The van der Waals surface area contributed by atoms with Crippen LogP contribution in [-0.4, -0.2) is 73.0 Å². The van der Waals surface area contributed by atoms with Crippen LogP contribution in [-0.2, 0) is 0 Å². The highest BCUT2D eigenvalue weighted by Gasteiger charge is 2.26. The van der Waals surface area contributed by atoms with E-state index in [1.54, 1.807) is 11.9 Å². The van der Waals surface area contributed by atoms with Crippen molar-refractivity contribution in [2.75, 3.05) is 58.3 Å². The summed E-state index contributed by atoms with van der Waals surface area (Å²) < 4.78 is 13.9. The zero-order valence-corrected chi connectivity index (χ0v) is 14.4. The maximum atomic E-state index is 13.9. The van der Waals surface area contributed by atoms with Crippen LogP contribution in [0.4, 0.5) is 21.5 Å². The van der Waals surface area contributed by atoms with Crippen LogP contribution in [0.3, 0.4) is 0 Å². The van der Waals surface area contributed by atoms with Crippen LogP contribution < -0.4 is 4.90 Å². The summed E-state index contributed by atoms with van der Waals surface area (Å²) in [4.78, 5) is 26.4. The van der Waals surface area contributed by atoms with Gasteiger partial charge in [0.15, 0.2) is 0 Å². The second-order valence-corrected chi connectivity index (χ2v) is 6.23. The van der Waals surface area contributed by atoms with Gasteiger partial charge in [0.05, 0.1) is 15.9 Å². The van der Waals surface area contributed by atoms with Gasteiger partial charge in [-0.05, 0) is 20.0 Å². The monoisotopic (exact) mass is 355 g/mol. The number of nitrogens with zero attached hydrogens (tertiary/aromatic N) is 5. The number of hydrogen-bond donors (Lipinski definition) is 0. The van der Waals surface area contributed by atoms with Crippen molar-refractivity contribution in [1.29, 1.82) is 0 Å². The third-order valence-electron chi connectivity index (χ3n) is 4.41. The minimum atomic E-state index is -1.07. The third-order valence-corrected chi connectivity index (χ3v) is 4.41. The second kappa shape index (κ2) is 8.17. The third kappa shape index (κ3) is 4.83. The Bertz CT molecular complexity index is 649. The molecule has 1 fully saturated rings. The fourth-order valence-electron chi connectivity index (χ4n) is 2.86. The molecule has 0 amide bonds. The lowest BCUT2D eigenvalue weighted by atomic mass is 10.2. The van der Waals surface area contributed by atoms with E-state index in [0.29, 0.717) is 12.6 Å². The number of anilines is 1. The molecule has 0 bridgehead atoms. The molecule has 10 heteroatoms. The number of hydrogen-bond acceptors (Lipinski definition) is 7. The Hall–Kier alpha value is -2.33. The zero-order valence-electron chi connectivity index (χ0n) is 14.4. The van der Waals surface area contributed by atoms with Crippen LogP contribution in [0, 0.1) is 26.0 Å². The fourth-order valence-corrected chi connectivity index (χ4v) is 2.86. The lowest BCUT2D eigenvalue weighted by Gasteiger charge is -2.32. The number of piperazine rings is 1. The van der Waals surface area contributed by atoms with Gasteiger partial charge in [0.1, 0.15) is 5.69 Å². The standard InChI is InChI=1S/C15H22FN5O4/c1-17-6-8-19(9-7-17)5-3-4-18(2)14-10-12(16)13(20(22)23)11-15(14)21(24)25/h10-11H,3-9H2,1-2H3. The van der Waals surface area contributed by atoms with E-state index >= 15 is 0 Å². The second-order valence-electron chi connectivity index (χ2n) is 6.23. The number of likely N-dealkylation sites (N-methyl/N-ethyl adjacent to an activating group) is 1. The van der Waals surface area contributed by atoms with Crippen LogP contribution in [0.2, 0.25) is 0 Å². The normalized spacial score (nSPS) is 16.0. The lowest BCUT2D eigenvalue weighted by Crippen LogP contribution is -2.45. The van der Waals surface area contributed by atoms with Gasteiger partial charge in [-0.2, -0.15) is 4.39 Å². The molecule has 0 spiro atoms. The zero-order chi connectivity index (χ0) is 18.6. The summed E-state index contributed by atoms with van der Waals surface area (Å²) in [7, 11) is 3.70. The molecule has 1 aromatic carbocycles. The molecule has 0 N–H and O–H groups in total. The Labute approximate surface area is 144 Å². The van der Waals surface area contributed by atoms with Crippen molar-refractivity contribution in [3.63, 3.8) is 0 Å². The first-order valence-corrected chi connectivity index (χ1v) is 8.04. The van der Waals surface area contributed by atoms with Crippen molar-refractivity contribution in [1.82, 2.24) is 9.80 Å². The van der Waals surface area contributed by atoms with Crippen molar-refractivity contribution >= 4 is 17.1 Å². The van der Waals surface area contributed by atoms with E-state index in [9.17, 15) is 24.6 Å². The smallest absolute Gasteiger partial charge is 0.311 e. The molecule has 0 aliphatic carbocycles. The Morgan fingerprint density at radius 3 is 2.28 bits per heavy atom. The van der Waals surface area contributed by atoms with Gasteiger partial charge >= 0.3 is 5.69 Å². The van der Waals surface area contributed by atoms with Crippen molar-refractivity contribution in [3.8, 4) is 0 Å². The van der Waals surface area contributed by atoms with E-state index in [1.807, 2.05) is 0 Å².